The summed E-state index contributed by atoms with van der Waals surface area (Å²) in [5, 5.41) is 18.6. The molecule has 0 amide bonds. The van der Waals surface area contributed by atoms with E-state index in [1.807, 2.05) is 0 Å². The van der Waals surface area contributed by atoms with Gasteiger partial charge >= 0.3 is 0 Å². The third kappa shape index (κ3) is 1.62. The first-order valence-electron chi connectivity index (χ1n) is 3.49. The Balaban J connectivity index is 3.23. The van der Waals surface area contributed by atoms with Gasteiger partial charge in [0, 0.05) is 17.7 Å². The number of phenols is 2. The Morgan fingerprint density at radius 3 is 2.42 bits per heavy atom. The maximum atomic E-state index is 9.31. The minimum Gasteiger partial charge on any atom is -0.508 e. The zero-order valence-electron chi connectivity index (χ0n) is 6.58. The molecule has 0 aliphatic rings. The van der Waals surface area contributed by atoms with Gasteiger partial charge in [0.1, 0.15) is 11.5 Å². The third-order valence-electron chi connectivity index (χ3n) is 1.59. The van der Waals surface area contributed by atoms with Gasteiger partial charge in [-0.3, -0.25) is 0 Å². The van der Waals surface area contributed by atoms with Crippen LogP contribution in [-0.4, -0.2) is 10.2 Å². The lowest BCUT2D eigenvalue weighted by atomic mass is 10.1. The fourth-order valence-electron chi connectivity index (χ4n) is 0.932. The average molecular weight is 188 g/mol. The van der Waals surface area contributed by atoms with Crippen molar-refractivity contribution in [1.82, 2.24) is 0 Å². The number of aromatic hydroxyl groups is 2. The summed E-state index contributed by atoms with van der Waals surface area (Å²) in [5.41, 5.74) is 6.00. The SMILES string of the molecule is C[C@@H](N)c1cc(O)c(Cl)cc1O. The molecule has 66 valence electrons. The first-order valence-corrected chi connectivity index (χ1v) is 3.87. The molecule has 4 N–H and O–H groups in total. The van der Waals surface area contributed by atoms with E-state index in [-0.39, 0.29) is 22.6 Å². The van der Waals surface area contributed by atoms with Crippen LogP contribution in [0.1, 0.15) is 18.5 Å². The second-order valence-electron chi connectivity index (χ2n) is 2.65. The highest BCUT2D eigenvalue weighted by molar-refractivity contribution is 6.32. The Labute approximate surface area is 75.4 Å². The molecule has 3 nitrogen and oxygen atoms in total. The van der Waals surface area contributed by atoms with Gasteiger partial charge in [0.2, 0.25) is 0 Å². The molecular formula is C8H10ClNO2. The second kappa shape index (κ2) is 3.21. The van der Waals surface area contributed by atoms with Gasteiger partial charge in [-0.1, -0.05) is 11.6 Å². The lowest BCUT2D eigenvalue weighted by molar-refractivity contribution is 0.450. The first kappa shape index (κ1) is 9.16. The van der Waals surface area contributed by atoms with Crippen molar-refractivity contribution in [3.05, 3.63) is 22.7 Å². The van der Waals surface area contributed by atoms with Gasteiger partial charge in [-0.15, -0.1) is 0 Å². The average Bonchev–Trinajstić information content (AvgIpc) is 1.96. The fourth-order valence-corrected chi connectivity index (χ4v) is 1.09. The highest BCUT2D eigenvalue weighted by Gasteiger charge is 2.09. The van der Waals surface area contributed by atoms with E-state index in [9.17, 15) is 10.2 Å². The van der Waals surface area contributed by atoms with Gasteiger partial charge in [0.25, 0.3) is 0 Å². The van der Waals surface area contributed by atoms with Crippen LogP contribution in [0, 0.1) is 0 Å². The molecule has 0 heterocycles. The molecule has 12 heavy (non-hydrogen) atoms. The molecule has 0 saturated carbocycles. The Kier molecular flexibility index (Phi) is 2.45. The lowest BCUT2D eigenvalue weighted by Crippen LogP contribution is -2.04. The summed E-state index contributed by atoms with van der Waals surface area (Å²) in [6, 6.07) is 2.31. The van der Waals surface area contributed by atoms with Crippen LogP contribution < -0.4 is 5.73 Å². The van der Waals surface area contributed by atoms with Gasteiger partial charge in [-0.2, -0.15) is 0 Å². The van der Waals surface area contributed by atoms with Crippen molar-refractivity contribution in [1.29, 1.82) is 0 Å². The van der Waals surface area contributed by atoms with E-state index in [0.717, 1.165) is 0 Å². The van der Waals surface area contributed by atoms with Gasteiger partial charge in [-0.05, 0) is 13.0 Å². The molecule has 4 heteroatoms. The van der Waals surface area contributed by atoms with Crippen LogP contribution in [0.15, 0.2) is 12.1 Å². The zero-order valence-corrected chi connectivity index (χ0v) is 7.34. The molecule has 1 aromatic rings. The van der Waals surface area contributed by atoms with E-state index >= 15 is 0 Å². The summed E-state index contributed by atoms with van der Waals surface area (Å²) in [5.74, 6) is -0.0606. The first-order chi connectivity index (χ1) is 5.52. The summed E-state index contributed by atoms with van der Waals surface area (Å²) in [6.45, 7) is 1.71. The summed E-state index contributed by atoms with van der Waals surface area (Å²) in [6.07, 6.45) is 0. The van der Waals surface area contributed by atoms with E-state index in [4.69, 9.17) is 17.3 Å². The molecule has 0 radical (unpaired) electrons. The van der Waals surface area contributed by atoms with Crippen molar-refractivity contribution >= 4 is 11.6 Å². The van der Waals surface area contributed by atoms with Gasteiger partial charge in [0.15, 0.2) is 0 Å². The number of hydrogen-bond donors (Lipinski definition) is 3. The number of hydrogen-bond acceptors (Lipinski definition) is 3. The summed E-state index contributed by atoms with van der Waals surface area (Å²) >= 11 is 5.54. The van der Waals surface area contributed by atoms with E-state index < -0.39 is 0 Å². The van der Waals surface area contributed by atoms with Crippen molar-refractivity contribution in [2.75, 3.05) is 0 Å². The zero-order chi connectivity index (χ0) is 9.30. The largest absolute Gasteiger partial charge is 0.508 e. The molecule has 0 fully saturated rings. The van der Waals surface area contributed by atoms with E-state index in [1.165, 1.54) is 12.1 Å². The minimum absolute atomic E-state index is 0.00722. The van der Waals surface area contributed by atoms with Crippen molar-refractivity contribution in [2.45, 2.75) is 13.0 Å². The van der Waals surface area contributed by atoms with Crippen molar-refractivity contribution in [3.63, 3.8) is 0 Å². The normalized spacial score (nSPS) is 12.9. The van der Waals surface area contributed by atoms with Crippen molar-refractivity contribution in [2.24, 2.45) is 5.73 Å². The highest BCUT2D eigenvalue weighted by Crippen LogP contribution is 2.33. The van der Waals surface area contributed by atoms with Crippen LogP contribution in [0.3, 0.4) is 0 Å². The number of phenolic OH excluding ortho intramolecular Hbond substituents is 2. The highest BCUT2D eigenvalue weighted by atomic mass is 35.5. The smallest absolute Gasteiger partial charge is 0.134 e. The molecule has 0 aromatic heterocycles. The predicted molar refractivity (Wildman–Crippen MR) is 47.4 cm³/mol. The Hall–Kier alpha value is -0.930. The summed E-state index contributed by atoms with van der Waals surface area (Å²) < 4.78 is 0. The summed E-state index contributed by atoms with van der Waals surface area (Å²) in [4.78, 5) is 0. The van der Waals surface area contributed by atoms with E-state index in [2.05, 4.69) is 0 Å². The predicted octanol–water partition coefficient (Wildman–Crippen LogP) is 1.77. The van der Waals surface area contributed by atoms with Crippen LogP contribution in [0.2, 0.25) is 5.02 Å². The van der Waals surface area contributed by atoms with Crippen molar-refractivity contribution in [3.8, 4) is 11.5 Å². The molecule has 0 spiro atoms. The molecule has 0 aliphatic carbocycles. The third-order valence-corrected chi connectivity index (χ3v) is 1.89. The van der Waals surface area contributed by atoms with Crippen molar-refractivity contribution < 1.29 is 10.2 Å². The molecule has 0 bridgehead atoms. The van der Waals surface area contributed by atoms with E-state index in [0.29, 0.717) is 5.56 Å². The fraction of sp³-hybridized carbons (Fsp3) is 0.250. The molecule has 0 unspecified atom stereocenters. The van der Waals surface area contributed by atoms with Crippen LogP contribution >= 0.6 is 11.6 Å². The molecule has 1 rings (SSSR count). The number of benzene rings is 1. The van der Waals surface area contributed by atoms with Gasteiger partial charge in [-0.25, -0.2) is 0 Å². The van der Waals surface area contributed by atoms with Crippen LogP contribution in [0.25, 0.3) is 0 Å². The minimum atomic E-state index is -0.326. The van der Waals surface area contributed by atoms with E-state index in [1.54, 1.807) is 6.92 Å². The van der Waals surface area contributed by atoms with Crippen LogP contribution in [0.4, 0.5) is 0 Å². The maximum absolute atomic E-state index is 9.31. The standard InChI is InChI=1S/C8H10ClNO2/c1-4(10)5-2-8(12)6(9)3-7(5)11/h2-4,11-12H,10H2,1H3/t4-/m1/s1. The second-order valence-corrected chi connectivity index (χ2v) is 3.06. The molecule has 0 aliphatic heterocycles. The molecule has 0 saturated heterocycles. The summed E-state index contributed by atoms with van der Waals surface area (Å²) in [7, 11) is 0. The van der Waals surface area contributed by atoms with Crippen LogP contribution in [-0.2, 0) is 0 Å². The van der Waals surface area contributed by atoms with Gasteiger partial charge in [0.05, 0.1) is 5.02 Å². The maximum Gasteiger partial charge on any atom is 0.134 e. The lowest BCUT2D eigenvalue weighted by Gasteiger charge is -2.09. The van der Waals surface area contributed by atoms with Gasteiger partial charge < -0.3 is 15.9 Å². The van der Waals surface area contributed by atoms with Crippen LogP contribution in [0.5, 0.6) is 11.5 Å². The number of nitrogens with two attached hydrogens (primary N) is 1. The molecule has 1 aromatic carbocycles. The Bertz CT molecular complexity index is 299. The number of halogens is 1. The quantitative estimate of drug-likeness (QED) is 0.587. The molecular weight excluding hydrogens is 178 g/mol. The molecule has 1 atom stereocenters. The Morgan fingerprint density at radius 2 is 1.92 bits per heavy atom. The topological polar surface area (TPSA) is 66.5 Å². The Morgan fingerprint density at radius 1 is 1.33 bits per heavy atom. The monoisotopic (exact) mass is 187 g/mol. The number of rotatable bonds is 1.